The summed E-state index contributed by atoms with van der Waals surface area (Å²) in [5.74, 6) is 0. The number of alkyl halides is 2. The predicted molar refractivity (Wildman–Crippen MR) is 38.2 cm³/mol. The van der Waals surface area contributed by atoms with Gasteiger partial charge in [-0.25, -0.2) is 4.39 Å². The van der Waals surface area contributed by atoms with Gasteiger partial charge in [-0.05, 0) is 13.3 Å². The van der Waals surface area contributed by atoms with Gasteiger partial charge in [0.25, 0.3) is 0 Å². The van der Waals surface area contributed by atoms with Gasteiger partial charge >= 0.3 is 0 Å². The minimum atomic E-state index is -0.277. The minimum Gasteiger partial charge on any atom is -0.250 e. The Morgan fingerprint density at radius 1 is 1.62 bits per heavy atom. The van der Waals surface area contributed by atoms with Crippen LogP contribution in [0.25, 0.3) is 0 Å². The molecule has 0 aromatic rings. The van der Waals surface area contributed by atoms with Gasteiger partial charge in [0.05, 0.1) is 4.32 Å². The molecular formula is C6H12BrF. The van der Waals surface area contributed by atoms with Crippen LogP contribution < -0.4 is 0 Å². The Morgan fingerprint density at radius 3 is 2.25 bits per heavy atom. The third-order valence-electron chi connectivity index (χ3n) is 1.05. The maximum atomic E-state index is 11.9. The quantitative estimate of drug-likeness (QED) is 0.590. The molecule has 0 aromatic carbocycles. The Labute approximate surface area is 58.6 Å². The first-order valence-corrected chi connectivity index (χ1v) is 3.66. The van der Waals surface area contributed by atoms with E-state index in [9.17, 15) is 4.39 Å². The highest BCUT2D eigenvalue weighted by molar-refractivity contribution is 9.10. The average molecular weight is 183 g/mol. The lowest BCUT2D eigenvalue weighted by Gasteiger charge is -2.15. The second-order valence-corrected chi connectivity index (χ2v) is 4.21. The molecular weight excluding hydrogens is 171 g/mol. The largest absolute Gasteiger partial charge is 0.250 e. The standard InChI is InChI=1S/C6H12BrF/c1-3-4-6(2,7)5-8/h3-5H2,1-2H3. The van der Waals surface area contributed by atoms with E-state index < -0.39 is 0 Å². The van der Waals surface area contributed by atoms with Crippen molar-refractivity contribution in [3.63, 3.8) is 0 Å². The van der Waals surface area contributed by atoms with Crippen LogP contribution in [-0.2, 0) is 0 Å². The summed E-state index contributed by atoms with van der Waals surface area (Å²) in [5.41, 5.74) is 0. The topological polar surface area (TPSA) is 0 Å². The third kappa shape index (κ3) is 3.42. The molecule has 0 aliphatic heterocycles. The Bertz CT molecular complexity index is 61.5. The van der Waals surface area contributed by atoms with E-state index in [4.69, 9.17) is 0 Å². The fourth-order valence-electron chi connectivity index (χ4n) is 0.588. The van der Waals surface area contributed by atoms with Crippen molar-refractivity contribution in [3.8, 4) is 0 Å². The molecule has 0 aliphatic rings. The van der Waals surface area contributed by atoms with Crippen molar-refractivity contribution in [1.29, 1.82) is 0 Å². The molecule has 1 atom stereocenters. The third-order valence-corrected chi connectivity index (χ3v) is 1.66. The van der Waals surface area contributed by atoms with Crippen LogP contribution >= 0.6 is 15.9 Å². The molecule has 0 N–H and O–H groups in total. The Kier molecular flexibility index (Phi) is 3.61. The van der Waals surface area contributed by atoms with E-state index in [-0.39, 0.29) is 11.0 Å². The zero-order chi connectivity index (χ0) is 6.62. The molecule has 0 saturated carbocycles. The van der Waals surface area contributed by atoms with E-state index in [1.807, 2.05) is 6.92 Å². The summed E-state index contributed by atoms with van der Waals surface area (Å²) < 4.78 is 11.6. The summed E-state index contributed by atoms with van der Waals surface area (Å²) in [6, 6.07) is 0. The Morgan fingerprint density at radius 2 is 2.12 bits per heavy atom. The van der Waals surface area contributed by atoms with Crippen LogP contribution in [0.5, 0.6) is 0 Å². The molecule has 0 aromatic heterocycles. The Balaban J connectivity index is 3.37. The number of hydrogen-bond donors (Lipinski definition) is 0. The van der Waals surface area contributed by atoms with E-state index in [1.165, 1.54) is 0 Å². The SMILES string of the molecule is CCCC(C)(Br)CF. The second kappa shape index (κ2) is 3.44. The van der Waals surface area contributed by atoms with Crippen molar-refractivity contribution < 1.29 is 4.39 Å². The van der Waals surface area contributed by atoms with Crippen molar-refractivity contribution in [2.45, 2.75) is 31.0 Å². The highest BCUT2D eigenvalue weighted by atomic mass is 79.9. The Hall–Kier alpha value is 0.410. The van der Waals surface area contributed by atoms with E-state index in [2.05, 4.69) is 22.9 Å². The van der Waals surface area contributed by atoms with Crippen LogP contribution in [-0.4, -0.2) is 11.0 Å². The maximum Gasteiger partial charge on any atom is 0.104 e. The predicted octanol–water partition coefficient (Wildman–Crippen LogP) is 2.91. The normalized spacial score (nSPS) is 18.0. The fourth-order valence-corrected chi connectivity index (χ4v) is 0.985. The summed E-state index contributed by atoms with van der Waals surface area (Å²) in [6.45, 7) is 3.65. The first-order chi connectivity index (χ1) is 3.62. The zero-order valence-corrected chi connectivity index (χ0v) is 6.96. The van der Waals surface area contributed by atoms with Gasteiger partial charge in [-0.2, -0.15) is 0 Å². The van der Waals surface area contributed by atoms with E-state index in [0.29, 0.717) is 0 Å². The summed E-state index contributed by atoms with van der Waals surface area (Å²) in [6.07, 6.45) is 1.94. The van der Waals surface area contributed by atoms with Crippen LogP contribution in [0.1, 0.15) is 26.7 Å². The van der Waals surface area contributed by atoms with E-state index in [0.717, 1.165) is 12.8 Å². The molecule has 0 bridgehead atoms. The lowest BCUT2D eigenvalue weighted by molar-refractivity contribution is 0.401. The van der Waals surface area contributed by atoms with Crippen LogP contribution in [0.15, 0.2) is 0 Å². The first kappa shape index (κ1) is 8.41. The van der Waals surface area contributed by atoms with Crippen molar-refractivity contribution in [2.75, 3.05) is 6.67 Å². The molecule has 1 unspecified atom stereocenters. The molecule has 0 amide bonds. The highest BCUT2D eigenvalue weighted by Crippen LogP contribution is 2.23. The number of halogens is 2. The molecule has 0 nitrogen and oxygen atoms in total. The molecule has 50 valence electrons. The van der Waals surface area contributed by atoms with E-state index >= 15 is 0 Å². The highest BCUT2D eigenvalue weighted by Gasteiger charge is 2.17. The number of hydrogen-bond acceptors (Lipinski definition) is 0. The van der Waals surface area contributed by atoms with Crippen molar-refractivity contribution in [2.24, 2.45) is 0 Å². The maximum absolute atomic E-state index is 11.9. The lowest BCUT2D eigenvalue weighted by Crippen LogP contribution is -2.17. The van der Waals surface area contributed by atoms with Crippen LogP contribution in [0, 0.1) is 0 Å². The van der Waals surface area contributed by atoms with Gasteiger partial charge in [0.1, 0.15) is 6.67 Å². The van der Waals surface area contributed by atoms with E-state index in [1.54, 1.807) is 0 Å². The molecule has 0 saturated heterocycles. The number of rotatable bonds is 3. The van der Waals surface area contributed by atoms with Crippen molar-refractivity contribution >= 4 is 15.9 Å². The molecule has 0 radical (unpaired) electrons. The second-order valence-electron chi connectivity index (χ2n) is 2.30. The molecule has 8 heavy (non-hydrogen) atoms. The first-order valence-electron chi connectivity index (χ1n) is 2.87. The summed E-state index contributed by atoms with van der Waals surface area (Å²) in [7, 11) is 0. The van der Waals surface area contributed by atoms with Gasteiger partial charge in [-0.1, -0.05) is 29.3 Å². The van der Waals surface area contributed by atoms with Gasteiger partial charge < -0.3 is 0 Å². The van der Waals surface area contributed by atoms with Crippen LogP contribution in [0.3, 0.4) is 0 Å². The molecule has 0 heterocycles. The molecule has 0 spiro atoms. The zero-order valence-electron chi connectivity index (χ0n) is 5.38. The smallest absolute Gasteiger partial charge is 0.104 e. The van der Waals surface area contributed by atoms with Crippen LogP contribution in [0.4, 0.5) is 4.39 Å². The average Bonchev–Trinajstić information content (AvgIpc) is 1.67. The molecule has 0 rings (SSSR count). The summed E-state index contributed by atoms with van der Waals surface area (Å²) in [5, 5.41) is 0. The van der Waals surface area contributed by atoms with Crippen LogP contribution in [0.2, 0.25) is 0 Å². The minimum absolute atomic E-state index is 0.262. The van der Waals surface area contributed by atoms with Gasteiger partial charge in [0, 0.05) is 0 Å². The monoisotopic (exact) mass is 182 g/mol. The molecule has 0 fully saturated rings. The van der Waals surface area contributed by atoms with Gasteiger partial charge in [-0.3, -0.25) is 0 Å². The van der Waals surface area contributed by atoms with Gasteiger partial charge in [0.2, 0.25) is 0 Å². The van der Waals surface area contributed by atoms with Gasteiger partial charge in [0.15, 0.2) is 0 Å². The van der Waals surface area contributed by atoms with Crippen molar-refractivity contribution in [3.05, 3.63) is 0 Å². The summed E-state index contributed by atoms with van der Waals surface area (Å²) >= 11 is 3.27. The summed E-state index contributed by atoms with van der Waals surface area (Å²) in [4.78, 5) is 0. The molecule has 2 heteroatoms. The lowest BCUT2D eigenvalue weighted by atomic mass is 10.1. The van der Waals surface area contributed by atoms with Crippen molar-refractivity contribution in [1.82, 2.24) is 0 Å². The fraction of sp³-hybridized carbons (Fsp3) is 1.00. The van der Waals surface area contributed by atoms with Gasteiger partial charge in [-0.15, -0.1) is 0 Å². The molecule has 0 aliphatic carbocycles.